The molecule has 3 unspecified atom stereocenters. The number of methoxy groups -OCH3 is 1. The molecule has 4 N–H and O–H groups in total. The van der Waals surface area contributed by atoms with Gasteiger partial charge < -0.3 is 25.1 Å². The fraction of sp³-hybridized carbons (Fsp3) is 0.440. The Morgan fingerprint density at radius 2 is 1.68 bits per heavy atom. The number of hydrogen-bond donors (Lipinski definition) is 4. The molecule has 7 nitrogen and oxygen atoms in total. The zero-order valence-electron chi connectivity index (χ0n) is 21.8. The second kappa shape index (κ2) is 14.7. The zero-order valence-corrected chi connectivity index (χ0v) is 21.8. The summed E-state index contributed by atoms with van der Waals surface area (Å²) in [5, 5.41) is 14.3. The van der Waals surface area contributed by atoms with Crippen molar-refractivity contribution in [3.63, 3.8) is 0 Å². The Hall–Kier alpha value is -3.16. The van der Waals surface area contributed by atoms with Crippen molar-refractivity contribution in [2.24, 2.45) is 5.92 Å². The summed E-state index contributed by atoms with van der Waals surface area (Å²) in [5.41, 5.74) is 3.41. The van der Waals surface area contributed by atoms with E-state index in [0.29, 0.717) is 5.52 Å². The number of aromatic nitrogens is 2. The van der Waals surface area contributed by atoms with Crippen LogP contribution in [0.1, 0.15) is 44.7 Å². The molecule has 3 aromatic rings. The van der Waals surface area contributed by atoms with Gasteiger partial charge in [-0.25, -0.2) is 19.2 Å². The maximum Gasteiger partial charge on any atom is 0.414 e. The minimum Gasteiger partial charge on any atom is -0.493 e. The van der Waals surface area contributed by atoms with Crippen LogP contribution in [0, 0.1) is 28.8 Å². The van der Waals surface area contributed by atoms with Gasteiger partial charge in [-0.3, -0.25) is 0 Å². The summed E-state index contributed by atoms with van der Waals surface area (Å²) in [4.78, 5) is 6.74. The number of rotatable bonds is 3. The highest BCUT2D eigenvalue weighted by Gasteiger charge is 2.54. The van der Waals surface area contributed by atoms with Gasteiger partial charge in [-0.1, -0.05) is 26.8 Å². The van der Waals surface area contributed by atoms with Crippen LogP contribution in [-0.2, 0) is 4.74 Å². The molecule has 4 atom stereocenters. The molecular weight excluding hydrogens is 518 g/mol. The lowest BCUT2D eigenvalue weighted by Gasteiger charge is -2.23. The SMILES string of the molecule is CC.CNO.COc1c(C2C(C)C(C(F)(F)F)O[C@H]2C)ccc(F)c1F.N=Cc1c(F)ccc2[nH]cnc12. The average Bonchev–Trinajstić information content (AvgIpc) is 3.47. The van der Waals surface area contributed by atoms with Gasteiger partial charge in [-0.05, 0) is 25.1 Å². The lowest BCUT2D eigenvalue weighted by atomic mass is 9.82. The Balaban J connectivity index is 0.000000357. The van der Waals surface area contributed by atoms with E-state index < -0.39 is 47.7 Å². The molecule has 4 rings (SSSR count). The van der Waals surface area contributed by atoms with Crippen LogP contribution >= 0.6 is 0 Å². The summed E-state index contributed by atoms with van der Waals surface area (Å²) in [5.74, 6) is -4.76. The van der Waals surface area contributed by atoms with E-state index in [1.54, 1.807) is 11.5 Å². The van der Waals surface area contributed by atoms with E-state index in [1.165, 1.54) is 39.4 Å². The lowest BCUT2D eigenvalue weighted by molar-refractivity contribution is -0.221. The van der Waals surface area contributed by atoms with Crippen molar-refractivity contribution >= 4 is 17.2 Å². The molecule has 1 saturated heterocycles. The largest absolute Gasteiger partial charge is 0.493 e. The number of ether oxygens (including phenoxy) is 2. The summed E-state index contributed by atoms with van der Waals surface area (Å²) in [6.45, 7) is 6.86. The highest BCUT2D eigenvalue weighted by atomic mass is 19.4. The number of alkyl halides is 3. The molecule has 38 heavy (non-hydrogen) atoms. The molecule has 2 aromatic carbocycles. The Bertz CT molecular complexity index is 1170. The average molecular weight is 551 g/mol. The fourth-order valence-electron chi connectivity index (χ4n) is 4.13. The van der Waals surface area contributed by atoms with Crippen LogP contribution in [0.15, 0.2) is 30.6 Å². The second-order valence-corrected chi connectivity index (χ2v) is 7.80. The molecule has 212 valence electrons. The Morgan fingerprint density at radius 1 is 1.11 bits per heavy atom. The number of nitrogens with zero attached hydrogens (tertiary/aromatic N) is 1. The number of imidazole rings is 1. The van der Waals surface area contributed by atoms with E-state index in [0.717, 1.165) is 24.9 Å². The van der Waals surface area contributed by atoms with Crippen LogP contribution in [0.5, 0.6) is 5.75 Å². The van der Waals surface area contributed by atoms with Gasteiger partial charge in [-0.2, -0.15) is 17.6 Å². The zero-order chi connectivity index (χ0) is 29.2. The highest BCUT2D eigenvalue weighted by Crippen LogP contribution is 2.48. The van der Waals surface area contributed by atoms with E-state index in [1.807, 2.05) is 13.8 Å². The number of halogens is 6. The molecule has 0 spiro atoms. The first kappa shape index (κ1) is 32.9. The topological polar surface area (TPSA) is 103 Å². The number of nitrogens with one attached hydrogen (secondary N) is 3. The van der Waals surface area contributed by atoms with Gasteiger partial charge in [0.1, 0.15) is 5.82 Å². The first-order chi connectivity index (χ1) is 17.9. The van der Waals surface area contributed by atoms with Crippen LogP contribution in [0.3, 0.4) is 0 Å². The van der Waals surface area contributed by atoms with E-state index >= 15 is 0 Å². The van der Waals surface area contributed by atoms with Crippen LogP contribution in [0.2, 0.25) is 0 Å². The number of hydrogen-bond acceptors (Lipinski definition) is 6. The van der Waals surface area contributed by atoms with Crippen molar-refractivity contribution < 1.29 is 41.0 Å². The van der Waals surface area contributed by atoms with E-state index in [9.17, 15) is 26.3 Å². The molecule has 0 bridgehead atoms. The monoisotopic (exact) mass is 550 g/mol. The number of aromatic amines is 1. The summed E-state index contributed by atoms with van der Waals surface area (Å²) < 4.78 is 88.5. The number of fused-ring (bicyclic) bond motifs is 1. The van der Waals surface area contributed by atoms with Crippen molar-refractivity contribution in [3.8, 4) is 5.75 Å². The van der Waals surface area contributed by atoms with Crippen molar-refractivity contribution in [1.82, 2.24) is 15.4 Å². The third kappa shape index (κ3) is 7.45. The number of benzene rings is 2. The van der Waals surface area contributed by atoms with Crippen LogP contribution in [0.4, 0.5) is 26.3 Å². The predicted octanol–water partition coefficient (Wildman–Crippen LogP) is 6.36. The maximum atomic E-state index is 13.7. The standard InChI is InChI=1S/C14H15F5O2.C8H6FN3.C2H6.CH5NO/c1-6-10(7(2)21-13(6)14(17,18)19)8-4-5-9(15)11(16)12(8)20-3;9-6-1-2-7-8(5(6)3-10)12-4-11-7;1-2;1-2-3/h4-7,10,13H,1-3H3;1-4,10H,(H,11,12);1-2H3;2-3H,1H3/t6?,7-,10?,13?;;;/m0.../s1. The summed E-state index contributed by atoms with van der Waals surface area (Å²) >= 11 is 0. The lowest BCUT2D eigenvalue weighted by Crippen LogP contribution is -2.33. The Morgan fingerprint density at radius 3 is 2.18 bits per heavy atom. The van der Waals surface area contributed by atoms with Crippen LogP contribution in [-0.4, -0.2) is 53.9 Å². The van der Waals surface area contributed by atoms with Crippen molar-refractivity contribution in [3.05, 3.63) is 59.2 Å². The molecule has 0 saturated carbocycles. The molecule has 0 aliphatic carbocycles. The summed E-state index contributed by atoms with van der Waals surface area (Å²) in [6.07, 6.45) is -4.77. The van der Waals surface area contributed by atoms with Crippen molar-refractivity contribution in [1.29, 1.82) is 5.41 Å². The van der Waals surface area contributed by atoms with E-state index in [2.05, 4.69) is 9.97 Å². The van der Waals surface area contributed by atoms with Gasteiger partial charge in [0.15, 0.2) is 17.7 Å². The predicted molar refractivity (Wildman–Crippen MR) is 131 cm³/mol. The summed E-state index contributed by atoms with van der Waals surface area (Å²) in [7, 11) is 2.58. The van der Waals surface area contributed by atoms with Gasteiger partial charge in [0.25, 0.3) is 0 Å². The molecule has 1 fully saturated rings. The molecule has 0 amide bonds. The third-order valence-electron chi connectivity index (χ3n) is 5.60. The van der Waals surface area contributed by atoms with Crippen LogP contribution in [0.25, 0.3) is 11.0 Å². The van der Waals surface area contributed by atoms with Crippen molar-refractivity contribution in [2.75, 3.05) is 14.2 Å². The van der Waals surface area contributed by atoms with Crippen LogP contribution < -0.4 is 10.2 Å². The Labute approximate surface area is 216 Å². The smallest absolute Gasteiger partial charge is 0.414 e. The molecule has 0 radical (unpaired) electrons. The highest BCUT2D eigenvalue weighted by molar-refractivity contribution is 5.95. The quantitative estimate of drug-likeness (QED) is 0.173. The normalized spacial score (nSPS) is 20.3. The first-order valence-corrected chi connectivity index (χ1v) is 11.6. The number of hydroxylamine groups is 1. The maximum absolute atomic E-state index is 13.7. The number of H-pyrrole nitrogens is 1. The van der Waals surface area contributed by atoms with Crippen molar-refractivity contribution in [2.45, 2.75) is 52.0 Å². The van der Waals surface area contributed by atoms with Gasteiger partial charge in [0, 0.05) is 30.7 Å². The van der Waals surface area contributed by atoms with E-state index in [4.69, 9.17) is 20.1 Å². The van der Waals surface area contributed by atoms with E-state index in [-0.39, 0.29) is 16.9 Å². The third-order valence-corrected chi connectivity index (χ3v) is 5.60. The van der Waals surface area contributed by atoms with Gasteiger partial charge in [0.05, 0.1) is 36.1 Å². The molecule has 1 aliphatic rings. The molecule has 2 heterocycles. The minimum absolute atomic E-state index is 0.183. The Kier molecular flexibility index (Phi) is 12.7. The second-order valence-electron chi connectivity index (χ2n) is 7.80. The van der Waals surface area contributed by atoms with Gasteiger partial charge >= 0.3 is 6.18 Å². The fourth-order valence-corrected chi connectivity index (χ4v) is 4.13. The molecular formula is C25H32F6N4O3. The summed E-state index contributed by atoms with van der Waals surface area (Å²) in [6, 6.07) is 5.05. The molecule has 1 aliphatic heterocycles. The first-order valence-electron chi connectivity index (χ1n) is 11.6. The van der Waals surface area contributed by atoms with Gasteiger partial charge in [0.2, 0.25) is 5.82 Å². The molecule has 13 heteroatoms. The van der Waals surface area contributed by atoms with Gasteiger partial charge in [-0.15, -0.1) is 0 Å². The minimum atomic E-state index is -4.51. The molecule has 1 aromatic heterocycles.